The third kappa shape index (κ3) is 3.00. The number of morpholine rings is 1. The van der Waals surface area contributed by atoms with Crippen LogP contribution in [0.4, 0.5) is 0 Å². The Morgan fingerprint density at radius 2 is 2.53 bits per heavy atom. The highest BCUT2D eigenvalue weighted by Gasteiger charge is 2.18. The summed E-state index contributed by atoms with van der Waals surface area (Å²) >= 11 is 1.74. The summed E-state index contributed by atoms with van der Waals surface area (Å²) in [6, 6.07) is 0.310. The summed E-state index contributed by atoms with van der Waals surface area (Å²) in [6.07, 6.45) is 1.07. The van der Waals surface area contributed by atoms with Crippen LogP contribution in [0.15, 0.2) is 5.38 Å². The van der Waals surface area contributed by atoms with Crippen LogP contribution in [-0.4, -0.2) is 24.7 Å². The van der Waals surface area contributed by atoms with Crippen molar-refractivity contribution < 1.29 is 4.74 Å². The molecular weight excluding hydrogens is 208 g/mol. The van der Waals surface area contributed by atoms with Gasteiger partial charge in [-0.2, -0.15) is 0 Å². The fourth-order valence-corrected chi connectivity index (χ4v) is 2.61. The lowest BCUT2D eigenvalue weighted by molar-refractivity contribution is 0.0767. The quantitative estimate of drug-likeness (QED) is 0.856. The van der Waals surface area contributed by atoms with Crippen LogP contribution < -0.4 is 5.32 Å². The van der Waals surface area contributed by atoms with Gasteiger partial charge in [-0.05, 0) is 12.3 Å². The molecule has 1 N–H and O–H groups in total. The van der Waals surface area contributed by atoms with E-state index in [1.54, 1.807) is 11.3 Å². The topological polar surface area (TPSA) is 34.1 Å². The van der Waals surface area contributed by atoms with Gasteiger partial charge in [-0.3, -0.25) is 0 Å². The predicted octanol–water partition coefficient (Wildman–Crippen LogP) is 2.00. The number of hydrogen-bond donors (Lipinski definition) is 1. The summed E-state index contributed by atoms with van der Waals surface area (Å²) in [5, 5.41) is 6.77. The highest BCUT2D eigenvalue weighted by Crippen LogP contribution is 2.21. The Kier molecular flexibility index (Phi) is 3.72. The molecule has 4 heteroatoms. The average Bonchev–Trinajstić information content (AvgIpc) is 2.67. The molecule has 1 aliphatic rings. The van der Waals surface area contributed by atoms with E-state index in [0.29, 0.717) is 12.0 Å². The molecule has 0 aromatic carbocycles. The number of nitrogens with one attached hydrogen (secondary N) is 1. The van der Waals surface area contributed by atoms with Crippen molar-refractivity contribution in [3.63, 3.8) is 0 Å². The molecule has 1 aliphatic heterocycles. The zero-order valence-electron chi connectivity index (χ0n) is 9.32. The molecule has 0 radical (unpaired) electrons. The van der Waals surface area contributed by atoms with E-state index in [9.17, 15) is 0 Å². The smallest absolute Gasteiger partial charge is 0.112 e. The Bertz CT molecular complexity index is 305. The van der Waals surface area contributed by atoms with Crippen LogP contribution in [0.25, 0.3) is 0 Å². The van der Waals surface area contributed by atoms with Crippen LogP contribution in [0.2, 0.25) is 0 Å². The standard InChI is InChI=1S/C11H18N2OS/c1-8(2)5-9-7-15-11(13-9)10-6-14-4-3-12-10/h7-8,10,12H,3-6H2,1-2H3. The maximum atomic E-state index is 5.43. The average molecular weight is 226 g/mol. The van der Waals surface area contributed by atoms with Crippen LogP contribution in [0, 0.1) is 5.92 Å². The first-order valence-corrected chi connectivity index (χ1v) is 6.39. The molecule has 1 saturated heterocycles. The minimum Gasteiger partial charge on any atom is -0.378 e. The number of rotatable bonds is 3. The zero-order chi connectivity index (χ0) is 10.7. The normalized spacial score (nSPS) is 22.2. The Labute approximate surface area is 94.9 Å². The van der Waals surface area contributed by atoms with Gasteiger partial charge in [0.15, 0.2) is 0 Å². The molecule has 0 spiro atoms. The molecule has 0 amide bonds. The van der Waals surface area contributed by atoms with E-state index in [1.165, 1.54) is 10.7 Å². The van der Waals surface area contributed by atoms with Crippen LogP contribution in [-0.2, 0) is 11.2 Å². The van der Waals surface area contributed by atoms with Gasteiger partial charge in [-0.1, -0.05) is 13.8 Å². The Morgan fingerprint density at radius 1 is 1.67 bits per heavy atom. The molecule has 0 saturated carbocycles. The number of nitrogens with zero attached hydrogens (tertiary/aromatic N) is 1. The molecule has 1 atom stereocenters. The number of aromatic nitrogens is 1. The lowest BCUT2D eigenvalue weighted by atomic mass is 10.1. The summed E-state index contributed by atoms with van der Waals surface area (Å²) in [5.41, 5.74) is 1.22. The van der Waals surface area contributed by atoms with Crippen LogP contribution >= 0.6 is 11.3 Å². The van der Waals surface area contributed by atoms with E-state index in [1.807, 2.05) is 0 Å². The molecule has 0 aliphatic carbocycles. The van der Waals surface area contributed by atoms with Crippen LogP contribution in [0.5, 0.6) is 0 Å². The lowest BCUT2D eigenvalue weighted by Gasteiger charge is -2.21. The van der Waals surface area contributed by atoms with Gasteiger partial charge in [-0.25, -0.2) is 4.98 Å². The van der Waals surface area contributed by atoms with Crippen molar-refractivity contribution in [1.82, 2.24) is 10.3 Å². The van der Waals surface area contributed by atoms with Gasteiger partial charge < -0.3 is 10.1 Å². The molecule has 84 valence electrons. The molecule has 1 fully saturated rings. The first kappa shape index (κ1) is 11.0. The third-order valence-electron chi connectivity index (χ3n) is 2.41. The van der Waals surface area contributed by atoms with Gasteiger partial charge in [0, 0.05) is 11.9 Å². The summed E-state index contributed by atoms with van der Waals surface area (Å²) in [6.45, 7) is 6.96. The summed E-state index contributed by atoms with van der Waals surface area (Å²) in [7, 11) is 0. The van der Waals surface area contributed by atoms with Gasteiger partial charge in [0.25, 0.3) is 0 Å². The van der Waals surface area contributed by atoms with E-state index in [2.05, 4.69) is 29.5 Å². The minimum atomic E-state index is 0.310. The van der Waals surface area contributed by atoms with Gasteiger partial charge in [0.1, 0.15) is 5.01 Å². The predicted molar refractivity (Wildman–Crippen MR) is 62.2 cm³/mol. The summed E-state index contributed by atoms with van der Waals surface area (Å²) in [4.78, 5) is 4.65. The molecule has 1 aromatic heterocycles. The molecule has 3 nitrogen and oxygen atoms in total. The monoisotopic (exact) mass is 226 g/mol. The molecule has 2 rings (SSSR count). The van der Waals surface area contributed by atoms with E-state index < -0.39 is 0 Å². The number of hydrogen-bond acceptors (Lipinski definition) is 4. The van der Waals surface area contributed by atoms with Crippen LogP contribution in [0.3, 0.4) is 0 Å². The van der Waals surface area contributed by atoms with Gasteiger partial charge in [0.2, 0.25) is 0 Å². The Hall–Kier alpha value is -0.450. The molecular formula is C11H18N2OS. The fraction of sp³-hybridized carbons (Fsp3) is 0.727. The second kappa shape index (κ2) is 5.05. The molecule has 0 bridgehead atoms. The van der Waals surface area contributed by atoms with E-state index >= 15 is 0 Å². The van der Waals surface area contributed by atoms with Crippen molar-refractivity contribution >= 4 is 11.3 Å². The highest BCUT2D eigenvalue weighted by molar-refractivity contribution is 7.09. The second-order valence-electron chi connectivity index (χ2n) is 4.36. The fourth-order valence-electron chi connectivity index (χ4n) is 1.72. The number of thiazole rings is 1. The lowest BCUT2D eigenvalue weighted by Crippen LogP contribution is -2.34. The van der Waals surface area contributed by atoms with Crippen molar-refractivity contribution in [2.45, 2.75) is 26.3 Å². The van der Waals surface area contributed by atoms with Crippen molar-refractivity contribution in [1.29, 1.82) is 0 Å². The largest absolute Gasteiger partial charge is 0.378 e. The van der Waals surface area contributed by atoms with E-state index in [-0.39, 0.29) is 0 Å². The Balaban J connectivity index is 1.99. The van der Waals surface area contributed by atoms with Crippen molar-refractivity contribution in [3.05, 3.63) is 16.1 Å². The molecule has 15 heavy (non-hydrogen) atoms. The highest BCUT2D eigenvalue weighted by atomic mass is 32.1. The van der Waals surface area contributed by atoms with Crippen molar-refractivity contribution in [2.75, 3.05) is 19.8 Å². The number of ether oxygens (including phenoxy) is 1. The second-order valence-corrected chi connectivity index (χ2v) is 5.25. The van der Waals surface area contributed by atoms with Crippen molar-refractivity contribution in [3.8, 4) is 0 Å². The van der Waals surface area contributed by atoms with Crippen molar-refractivity contribution in [2.24, 2.45) is 5.92 Å². The molecule has 2 heterocycles. The third-order valence-corrected chi connectivity index (χ3v) is 3.41. The first-order chi connectivity index (χ1) is 7.25. The molecule has 1 unspecified atom stereocenters. The summed E-state index contributed by atoms with van der Waals surface area (Å²) in [5.74, 6) is 0.676. The van der Waals surface area contributed by atoms with E-state index in [0.717, 1.165) is 26.2 Å². The maximum absolute atomic E-state index is 5.43. The van der Waals surface area contributed by atoms with Crippen LogP contribution in [0.1, 0.15) is 30.6 Å². The molecule has 1 aromatic rings. The SMILES string of the molecule is CC(C)Cc1csc(C2COCCN2)n1. The zero-order valence-corrected chi connectivity index (χ0v) is 10.1. The van der Waals surface area contributed by atoms with Gasteiger partial charge in [0.05, 0.1) is 24.9 Å². The Morgan fingerprint density at radius 3 is 3.20 bits per heavy atom. The maximum Gasteiger partial charge on any atom is 0.112 e. The van der Waals surface area contributed by atoms with E-state index in [4.69, 9.17) is 4.74 Å². The minimum absolute atomic E-state index is 0.310. The van der Waals surface area contributed by atoms with Gasteiger partial charge in [-0.15, -0.1) is 11.3 Å². The summed E-state index contributed by atoms with van der Waals surface area (Å²) < 4.78 is 5.43. The first-order valence-electron chi connectivity index (χ1n) is 5.51. The van der Waals surface area contributed by atoms with Gasteiger partial charge >= 0.3 is 0 Å².